The largest absolute Gasteiger partial charge is 0.459 e. The van der Waals surface area contributed by atoms with Crippen molar-refractivity contribution in [1.82, 2.24) is 0 Å². The van der Waals surface area contributed by atoms with Crippen LogP contribution in [0.3, 0.4) is 0 Å². The van der Waals surface area contributed by atoms with Gasteiger partial charge in [-0.3, -0.25) is 14.9 Å². The summed E-state index contributed by atoms with van der Waals surface area (Å²) in [5.74, 6) is 0.194. The van der Waals surface area contributed by atoms with Gasteiger partial charge in [0.15, 0.2) is 0 Å². The first-order valence-electron chi connectivity index (χ1n) is 7.64. The number of benzene rings is 2. The predicted octanol–water partition coefficient (Wildman–Crippen LogP) is 4.91. The molecule has 0 aliphatic heterocycles. The van der Waals surface area contributed by atoms with Crippen LogP contribution in [-0.4, -0.2) is 15.9 Å². The molecule has 0 aliphatic carbocycles. The number of rotatable bonds is 5. The second-order valence-electron chi connectivity index (χ2n) is 5.49. The molecule has 0 spiro atoms. The lowest BCUT2D eigenvalue weighted by Gasteiger charge is -2.09. The van der Waals surface area contributed by atoms with Crippen LogP contribution in [0.2, 0.25) is 10.0 Å². The van der Waals surface area contributed by atoms with E-state index in [1.807, 2.05) is 0 Å². The molecule has 0 saturated heterocycles. The number of carbonyl (C=O) groups excluding carboxylic acids is 1. The van der Waals surface area contributed by atoms with E-state index in [9.17, 15) is 14.9 Å². The molecule has 3 rings (SSSR count). The van der Waals surface area contributed by atoms with Crippen molar-refractivity contribution in [3.8, 4) is 11.3 Å². The molecule has 27 heavy (non-hydrogen) atoms. The average Bonchev–Trinajstić information content (AvgIpc) is 3.12. The number of hydrogen-bond acceptors (Lipinski definition) is 5. The summed E-state index contributed by atoms with van der Waals surface area (Å²) in [6.45, 7) is -0.251. The molecule has 2 aromatic carbocycles. The van der Waals surface area contributed by atoms with Crippen molar-refractivity contribution in [2.24, 2.45) is 0 Å². The van der Waals surface area contributed by atoms with Gasteiger partial charge in [-0.15, -0.1) is 0 Å². The zero-order valence-corrected chi connectivity index (χ0v) is 15.1. The van der Waals surface area contributed by atoms with Crippen LogP contribution in [0.15, 0.2) is 52.9 Å². The molecule has 0 aliphatic rings. The number of furan rings is 1. The molecule has 0 radical (unpaired) electrons. The topological polar surface area (TPSA) is 106 Å². The third kappa shape index (κ3) is 4.11. The van der Waals surface area contributed by atoms with E-state index >= 15 is 0 Å². The van der Waals surface area contributed by atoms with Crippen LogP contribution < -0.4 is 5.32 Å². The van der Waals surface area contributed by atoms with Gasteiger partial charge in [-0.05, 0) is 36.4 Å². The SMILES string of the molecule is O=C(Nc1ccc(Cl)c(-c2ccc(CO)o2)c1)c1cc([N+](=O)[O-])ccc1Cl. The van der Waals surface area contributed by atoms with Crippen LogP contribution in [0.1, 0.15) is 16.1 Å². The van der Waals surface area contributed by atoms with Gasteiger partial charge in [0.25, 0.3) is 11.6 Å². The maximum absolute atomic E-state index is 12.5. The van der Waals surface area contributed by atoms with E-state index in [-0.39, 0.29) is 22.9 Å². The number of aliphatic hydroxyl groups excluding tert-OH is 1. The van der Waals surface area contributed by atoms with Crippen molar-refractivity contribution in [3.63, 3.8) is 0 Å². The van der Waals surface area contributed by atoms with Crippen LogP contribution in [0, 0.1) is 10.1 Å². The molecule has 3 aromatic rings. The zero-order valence-electron chi connectivity index (χ0n) is 13.6. The lowest BCUT2D eigenvalue weighted by atomic mass is 10.1. The molecular weight excluding hydrogens is 395 g/mol. The summed E-state index contributed by atoms with van der Waals surface area (Å²) in [5.41, 5.74) is 0.639. The number of nitrogens with one attached hydrogen (secondary N) is 1. The molecule has 2 N–H and O–H groups in total. The van der Waals surface area contributed by atoms with Crippen LogP contribution >= 0.6 is 23.2 Å². The zero-order chi connectivity index (χ0) is 19.6. The van der Waals surface area contributed by atoms with Crippen molar-refractivity contribution < 1.29 is 19.2 Å². The quantitative estimate of drug-likeness (QED) is 0.462. The smallest absolute Gasteiger partial charge is 0.270 e. The Morgan fingerprint density at radius 3 is 2.52 bits per heavy atom. The van der Waals surface area contributed by atoms with E-state index in [0.29, 0.717) is 27.8 Å². The van der Waals surface area contributed by atoms with Gasteiger partial charge in [0.2, 0.25) is 0 Å². The first-order chi connectivity index (χ1) is 12.9. The van der Waals surface area contributed by atoms with Crippen LogP contribution in [0.5, 0.6) is 0 Å². The molecule has 1 heterocycles. The third-order valence-corrected chi connectivity index (χ3v) is 4.37. The van der Waals surface area contributed by atoms with Gasteiger partial charge in [-0.25, -0.2) is 0 Å². The standard InChI is InChI=1S/C18H12Cl2N2O5/c19-15-4-1-10(7-13(15)17-6-3-12(9-23)27-17)21-18(24)14-8-11(22(25)26)2-5-16(14)20/h1-8,23H,9H2,(H,21,24). The fraction of sp³-hybridized carbons (Fsp3) is 0.0556. The van der Waals surface area contributed by atoms with Crippen molar-refractivity contribution >= 4 is 40.5 Å². The molecule has 0 saturated carbocycles. The van der Waals surface area contributed by atoms with Crippen LogP contribution in [-0.2, 0) is 6.61 Å². The number of aliphatic hydroxyl groups is 1. The fourth-order valence-corrected chi connectivity index (χ4v) is 2.81. The van der Waals surface area contributed by atoms with Crippen LogP contribution in [0.25, 0.3) is 11.3 Å². The van der Waals surface area contributed by atoms with Gasteiger partial charge in [0, 0.05) is 23.4 Å². The number of hydrogen-bond donors (Lipinski definition) is 2. The molecule has 1 aromatic heterocycles. The number of amides is 1. The minimum Gasteiger partial charge on any atom is -0.459 e. The van der Waals surface area contributed by atoms with Crippen molar-refractivity contribution in [2.75, 3.05) is 5.32 Å². The Morgan fingerprint density at radius 2 is 1.85 bits per heavy atom. The number of nitro benzene ring substituents is 1. The van der Waals surface area contributed by atoms with Crippen molar-refractivity contribution in [2.45, 2.75) is 6.61 Å². The van der Waals surface area contributed by atoms with E-state index in [0.717, 1.165) is 6.07 Å². The van der Waals surface area contributed by atoms with E-state index < -0.39 is 10.8 Å². The van der Waals surface area contributed by atoms with Gasteiger partial charge in [0.1, 0.15) is 18.1 Å². The Labute approximate surface area is 163 Å². The molecule has 7 nitrogen and oxygen atoms in total. The fourth-order valence-electron chi connectivity index (χ4n) is 2.40. The lowest BCUT2D eigenvalue weighted by Crippen LogP contribution is -2.13. The number of halogens is 2. The summed E-state index contributed by atoms with van der Waals surface area (Å²) < 4.78 is 5.46. The highest BCUT2D eigenvalue weighted by Crippen LogP contribution is 2.32. The number of anilines is 1. The predicted molar refractivity (Wildman–Crippen MR) is 101 cm³/mol. The molecule has 138 valence electrons. The van der Waals surface area contributed by atoms with E-state index in [1.165, 1.54) is 12.1 Å². The second kappa shape index (κ2) is 7.79. The molecule has 0 bridgehead atoms. The summed E-state index contributed by atoms with van der Waals surface area (Å²) in [4.78, 5) is 22.8. The van der Waals surface area contributed by atoms with Crippen molar-refractivity contribution in [3.05, 3.63) is 80.0 Å². The summed E-state index contributed by atoms with van der Waals surface area (Å²) in [6, 6.07) is 11.6. The Hall–Kier alpha value is -2.87. The average molecular weight is 407 g/mol. The van der Waals surface area contributed by atoms with Crippen molar-refractivity contribution in [1.29, 1.82) is 0 Å². The second-order valence-corrected chi connectivity index (χ2v) is 6.31. The van der Waals surface area contributed by atoms with Gasteiger partial charge >= 0.3 is 0 Å². The summed E-state index contributed by atoms with van der Waals surface area (Å²) in [5, 5.41) is 23.1. The molecule has 1 amide bonds. The lowest BCUT2D eigenvalue weighted by molar-refractivity contribution is -0.384. The molecule has 0 unspecified atom stereocenters. The molecule has 0 fully saturated rings. The highest BCUT2D eigenvalue weighted by Gasteiger charge is 2.17. The third-order valence-electron chi connectivity index (χ3n) is 3.71. The summed E-state index contributed by atoms with van der Waals surface area (Å²) in [7, 11) is 0. The Bertz CT molecular complexity index is 1030. The Balaban J connectivity index is 1.90. The first-order valence-corrected chi connectivity index (χ1v) is 8.39. The highest BCUT2D eigenvalue weighted by molar-refractivity contribution is 6.35. The number of carbonyl (C=O) groups is 1. The Morgan fingerprint density at radius 1 is 1.11 bits per heavy atom. The molecule has 0 atom stereocenters. The number of nitrogens with zero attached hydrogens (tertiary/aromatic N) is 1. The Kier molecular flexibility index (Phi) is 5.46. The monoisotopic (exact) mass is 406 g/mol. The highest BCUT2D eigenvalue weighted by atomic mass is 35.5. The first kappa shape index (κ1) is 18.9. The van der Waals surface area contributed by atoms with E-state index in [2.05, 4.69) is 5.32 Å². The molecule has 9 heteroatoms. The normalized spacial score (nSPS) is 10.6. The van der Waals surface area contributed by atoms with Gasteiger partial charge < -0.3 is 14.8 Å². The minimum atomic E-state index is -0.608. The van der Waals surface area contributed by atoms with E-state index in [4.69, 9.17) is 32.7 Å². The van der Waals surface area contributed by atoms with E-state index in [1.54, 1.807) is 30.3 Å². The van der Waals surface area contributed by atoms with Crippen LogP contribution in [0.4, 0.5) is 11.4 Å². The van der Waals surface area contributed by atoms with Gasteiger partial charge in [-0.1, -0.05) is 23.2 Å². The minimum absolute atomic E-state index is 0.0251. The molecular formula is C18H12Cl2N2O5. The summed E-state index contributed by atoms with van der Waals surface area (Å²) in [6.07, 6.45) is 0. The van der Waals surface area contributed by atoms with Gasteiger partial charge in [-0.2, -0.15) is 0 Å². The summed E-state index contributed by atoms with van der Waals surface area (Å²) >= 11 is 12.2. The van der Waals surface area contributed by atoms with Gasteiger partial charge in [0.05, 0.1) is 20.5 Å². The number of nitro groups is 1. The maximum Gasteiger partial charge on any atom is 0.270 e. The number of non-ortho nitro benzene ring substituents is 1. The maximum atomic E-state index is 12.5.